The molecule has 2 aliphatic carbocycles. The van der Waals surface area contributed by atoms with Crippen LogP contribution < -0.4 is 11.2 Å². The number of ketones is 1. The second-order valence-corrected chi connectivity index (χ2v) is 17.2. The van der Waals surface area contributed by atoms with Crippen LogP contribution in [0.5, 0.6) is 0 Å². The molecule has 18 heteroatoms. The van der Waals surface area contributed by atoms with Gasteiger partial charge in [-0.25, -0.2) is 14.6 Å². The second-order valence-electron chi connectivity index (χ2n) is 17.2. The summed E-state index contributed by atoms with van der Waals surface area (Å²) in [6.45, 7) is 10.3. The van der Waals surface area contributed by atoms with Crippen molar-refractivity contribution in [3.05, 3.63) is 56.7 Å². The maximum Gasteiger partial charge on any atom is 0.332 e. The fourth-order valence-electron chi connectivity index (χ4n) is 8.41. The molecule has 2 aromatic heterocycles. The molecule has 0 N–H and O–H groups in total. The molecular formula is C50H76N4O14. The van der Waals surface area contributed by atoms with Crippen molar-refractivity contribution < 1.29 is 57.0 Å². The molecule has 0 spiro atoms. The molecule has 0 aliphatic heterocycles. The SMILES string of the molecule is COCCOCCOCCOCCOCCOCCOCCOCCOCCOC(=O)/C=C/c1ccc(-c2nc3c(c(=O)n(CC4CCCCC4)c(=O)n3CC3CCCCC3)n2CC(C)=O)cc1. The summed E-state index contributed by atoms with van der Waals surface area (Å²) in [4.78, 5) is 58.6. The molecule has 0 saturated heterocycles. The molecule has 1 aromatic carbocycles. The lowest BCUT2D eigenvalue weighted by molar-refractivity contribution is -0.139. The smallest absolute Gasteiger partial charge is 0.332 e. The van der Waals surface area contributed by atoms with Crippen LogP contribution in [-0.4, -0.2) is 156 Å². The lowest BCUT2D eigenvalue weighted by Gasteiger charge is -2.25. The van der Waals surface area contributed by atoms with Crippen LogP contribution in [0.2, 0.25) is 0 Å². The molecule has 3 aromatic rings. The van der Waals surface area contributed by atoms with Crippen molar-refractivity contribution in [3.8, 4) is 11.4 Å². The molecule has 2 saturated carbocycles. The first-order valence-corrected chi connectivity index (χ1v) is 24.6. The minimum Gasteiger partial charge on any atom is -0.460 e. The monoisotopic (exact) mass is 957 g/mol. The Morgan fingerprint density at radius 2 is 1.00 bits per heavy atom. The van der Waals surface area contributed by atoms with Gasteiger partial charge in [-0.2, -0.15) is 0 Å². The number of hydrogen-bond donors (Lipinski definition) is 0. The Kier molecular flexibility index (Phi) is 26.3. The van der Waals surface area contributed by atoms with E-state index in [0.29, 0.717) is 147 Å². The third-order valence-electron chi connectivity index (χ3n) is 11.9. The van der Waals surface area contributed by atoms with Crippen molar-refractivity contribution in [3.63, 3.8) is 0 Å². The highest BCUT2D eigenvalue weighted by molar-refractivity contribution is 5.87. The summed E-state index contributed by atoms with van der Waals surface area (Å²) in [6, 6.07) is 7.34. The van der Waals surface area contributed by atoms with E-state index in [1.54, 1.807) is 22.3 Å². The Morgan fingerprint density at radius 3 is 1.44 bits per heavy atom. The van der Waals surface area contributed by atoms with E-state index in [1.165, 1.54) is 30.4 Å². The van der Waals surface area contributed by atoms with Gasteiger partial charge in [0.2, 0.25) is 0 Å². The molecule has 2 heterocycles. The lowest BCUT2D eigenvalue weighted by Crippen LogP contribution is -2.43. The fraction of sp³-hybridized carbons (Fsp3) is 0.700. The number of hydrogen-bond acceptors (Lipinski definition) is 15. The summed E-state index contributed by atoms with van der Waals surface area (Å²) in [5.41, 5.74) is 1.35. The zero-order valence-electron chi connectivity index (χ0n) is 40.5. The minimum absolute atomic E-state index is 0.0508. The van der Waals surface area contributed by atoms with Gasteiger partial charge in [0.25, 0.3) is 5.56 Å². The summed E-state index contributed by atoms with van der Waals surface area (Å²) in [7, 11) is 1.64. The second kappa shape index (κ2) is 32.7. The number of nitrogens with zero attached hydrogens (tertiary/aromatic N) is 4. The molecule has 68 heavy (non-hydrogen) atoms. The highest BCUT2D eigenvalue weighted by Gasteiger charge is 2.27. The van der Waals surface area contributed by atoms with Crippen LogP contribution in [-0.2, 0) is 76.6 Å². The number of imidazole rings is 1. The quantitative estimate of drug-likeness (QED) is 0.0425. The number of ether oxygens (including phenoxy) is 10. The first-order chi connectivity index (χ1) is 33.4. The van der Waals surface area contributed by atoms with Crippen LogP contribution in [0, 0.1) is 11.8 Å². The first kappa shape index (κ1) is 54.8. The molecule has 0 bridgehead atoms. The maximum absolute atomic E-state index is 14.3. The fourth-order valence-corrected chi connectivity index (χ4v) is 8.41. The number of benzene rings is 1. The zero-order chi connectivity index (χ0) is 48.0. The lowest BCUT2D eigenvalue weighted by atomic mass is 9.89. The van der Waals surface area contributed by atoms with Crippen molar-refractivity contribution in [1.29, 1.82) is 0 Å². The molecule has 0 unspecified atom stereocenters. The highest BCUT2D eigenvalue weighted by atomic mass is 16.6. The third kappa shape index (κ3) is 19.7. The van der Waals surface area contributed by atoms with E-state index in [0.717, 1.165) is 56.9 Å². The third-order valence-corrected chi connectivity index (χ3v) is 11.9. The Morgan fingerprint density at radius 1 is 0.574 bits per heavy atom. The average Bonchev–Trinajstić information content (AvgIpc) is 3.72. The predicted molar refractivity (Wildman–Crippen MR) is 256 cm³/mol. The predicted octanol–water partition coefficient (Wildman–Crippen LogP) is 5.11. The van der Waals surface area contributed by atoms with Gasteiger partial charge in [0.1, 0.15) is 18.2 Å². The van der Waals surface area contributed by atoms with Gasteiger partial charge in [-0.1, -0.05) is 62.8 Å². The standard InChI is InChI=1S/C50H76N4O14/c1-40(55)37-52-46-48(53(38-42-9-5-3-6-10-42)50(58)54(49(46)57)39-43-11-7-4-8-12-43)51-47(52)44-16-13-41(14-17-44)15-18-45(56)68-36-35-67-34-33-66-32-31-65-30-29-64-28-27-63-26-25-62-24-23-61-22-21-60-20-19-59-2/h13-18,42-43H,3-12,19-39H2,1-2H3/b18-15+. The number of carbonyl (C=O) groups is 2. The number of aromatic nitrogens is 4. The summed E-state index contributed by atoms with van der Waals surface area (Å²) >= 11 is 0. The van der Waals surface area contributed by atoms with E-state index in [1.807, 2.05) is 24.3 Å². The molecule has 0 radical (unpaired) electrons. The molecule has 2 aliphatic rings. The molecule has 5 rings (SSSR count). The van der Waals surface area contributed by atoms with Crippen molar-refractivity contribution in [2.75, 3.05) is 126 Å². The first-order valence-electron chi connectivity index (χ1n) is 24.6. The van der Waals surface area contributed by atoms with Crippen LogP contribution in [0.4, 0.5) is 0 Å². The summed E-state index contributed by atoms with van der Waals surface area (Å²) < 4.78 is 58.7. The zero-order valence-corrected chi connectivity index (χ0v) is 40.5. The number of rotatable bonds is 36. The van der Waals surface area contributed by atoms with Crippen LogP contribution in [0.1, 0.15) is 76.7 Å². The van der Waals surface area contributed by atoms with Gasteiger partial charge in [-0.05, 0) is 56.1 Å². The Hall–Kier alpha value is -4.11. The van der Waals surface area contributed by atoms with Crippen molar-refractivity contribution in [2.24, 2.45) is 11.8 Å². The van der Waals surface area contributed by atoms with Crippen LogP contribution in [0.25, 0.3) is 28.6 Å². The molecule has 2 fully saturated rings. The Balaban J connectivity index is 0.954. The van der Waals surface area contributed by atoms with E-state index in [9.17, 15) is 19.2 Å². The highest BCUT2D eigenvalue weighted by Crippen LogP contribution is 2.29. The molecular weight excluding hydrogens is 881 g/mol. The molecule has 380 valence electrons. The minimum atomic E-state index is -0.509. The summed E-state index contributed by atoms with van der Waals surface area (Å²) in [5.74, 6) is 0.398. The van der Waals surface area contributed by atoms with E-state index in [-0.39, 0.29) is 42.7 Å². The van der Waals surface area contributed by atoms with Gasteiger partial charge in [0.15, 0.2) is 11.2 Å². The van der Waals surface area contributed by atoms with E-state index >= 15 is 0 Å². The van der Waals surface area contributed by atoms with Gasteiger partial charge in [0.05, 0.1) is 119 Å². The van der Waals surface area contributed by atoms with Crippen molar-refractivity contribution in [2.45, 2.75) is 90.8 Å². The van der Waals surface area contributed by atoms with E-state index in [4.69, 9.17) is 52.4 Å². The van der Waals surface area contributed by atoms with Crippen LogP contribution in [0.3, 0.4) is 0 Å². The van der Waals surface area contributed by atoms with E-state index < -0.39 is 5.97 Å². The Bertz CT molecular complexity index is 2040. The average molecular weight is 957 g/mol. The number of esters is 1. The van der Waals surface area contributed by atoms with Gasteiger partial charge >= 0.3 is 11.7 Å². The van der Waals surface area contributed by atoms with Crippen LogP contribution in [0.15, 0.2) is 39.9 Å². The number of carbonyl (C=O) groups excluding carboxylic acids is 2. The van der Waals surface area contributed by atoms with E-state index in [2.05, 4.69) is 0 Å². The van der Waals surface area contributed by atoms with Crippen LogP contribution >= 0.6 is 0 Å². The van der Waals surface area contributed by atoms with Gasteiger partial charge < -0.3 is 51.9 Å². The van der Waals surface area contributed by atoms with Gasteiger partial charge in [-0.3, -0.25) is 18.7 Å². The molecule has 0 atom stereocenters. The number of methoxy groups -OCH3 is 1. The largest absolute Gasteiger partial charge is 0.460 e. The Labute approximate surface area is 400 Å². The van der Waals surface area contributed by atoms with Crippen molar-refractivity contribution in [1.82, 2.24) is 18.7 Å². The number of Topliss-reactive ketones (excluding diaryl/α,β-unsaturated/α-hetero) is 1. The normalized spacial score (nSPS) is 15.0. The van der Waals surface area contributed by atoms with Gasteiger partial charge in [-0.15, -0.1) is 0 Å². The number of fused-ring (bicyclic) bond motifs is 1. The molecule has 0 amide bonds. The van der Waals surface area contributed by atoms with Gasteiger partial charge in [0, 0.05) is 31.8 Å². The topological polar surface area (TPSA) is 188 Å². The molecule has 18 nitrogen and oxygen atoms in total. The summed E-state index contributed by atoms with van der Waals surface area (Å²) in [5, 5.41) is 0. The summed E-state index contributed by atoms with van der Waals surface area (Å²) in [6.07, 6.45) is 13.9. The maximum atomic E-state index is 14.3. The van der Waals surface area contributed by atoms with Crippen molar-refractivity contribution >= 4 is 29.0 Å².